The molecule has 5 rings (SSSR count). The van der Waals surface area contributed by atoms with Crippen molar-refractivity contribution in [3.63, 3.8) is 0 Å². The summed E-state index contributed by atoms with van der Waals surface area (Å²) in [7, 11) is 1.95. The van der Waals surface area contributed by atoms with Crippen molar-refractivity contribution in [1.82, 2.24) is 39.0 Å². The molecule has 1 saturated heterocycles. The molecule has 2 atom stereocenters. The summed E-state index contributed by atoms with van der Waals surface area (Å²) >= 11 is 0.717. The first-order chi connectivity index (χ1) is 20.7. The third kappa shape index (κ3) is 6.48. The Kier molecular flexibility index (Phi) is 8.82. The van der Waals surface area contributed by atoms with E-state index >= 15 is 0 Å². The number of imidazole rings is 1. The molecule has 0 spiro atoms. The molecule has 1 aliphatic heterocycles. The topological polar surface area (TPSA) is 138 Å². The van der Waals surface area contributed by atoms with Crippen LogP contribution in [0.4, 0.5) is 14.5 Å². The number of nitrogens with one attached hydrogen (secondary N) is 1. The zero-order valence-electron chi connectivity index (χ0n) is 25.6. The molecule has 1 N–H and O–H groups in total. The summed E-state index contributed by atoms with van der Waals surface area (Å²) in [4.78, 5) is 16.9. The number of nitrogens with zero attached hydrogens (tertiary/aromatic N) is 10. The Morgan fingerprint density at radius 1 is 1.23 bits per heavy atom. The largest absolute Gasteiger partial charge is 0.366 e. The minimum atomic E-state index is -3.93. The van der Waals surface area contributed by atoms with Crippen molar-refractivity contribution in [3.05, 3.63) is 23.5 Å². The number of halogens is 2. The Morgan fingerprint density at radius 3 is 2.48 bits per heavy atom. The third-order valence-electron chi connectivity index (χ3n) is 7.97. The van der Waals surface area contributed by atoms with E-state index in [1.54, 1.807) is 16.7 Å². The highest BCUT2D eigenvalue weighted by Gasteiger charge is 2.42. The highest BCUT2D eigenvalue weighted by atomic mass is 32.2. The van der Waals surface area contributed by atoms with Crippen molar-refractivity contribution in [2.45, 2.75) is 62.6 Å². The molecular formula is C27H37F2N11O2S2. The van der Waals surface area contributed by atoms with Gasteiger partial charge in [0.15, 0.2) is 15.8 Å². The molecule has 13 nitrogen and oxygen atoms in total. The number of hydrogen-bond acceptors (Lipinski definition) is 10. The van der Waals surface area contributed by atoms with Crippen molar-refractivity contribution in [1.29, 1.82) is 5.26 Å². The van der Waals surface area contributed by atoms with E-state index in [0.29, 0.717) is 36.8 Å². The number of fused-ring (bicyclic) bond motifs is 1. The summed E-state index contributed by atoms with van der Waals surface area (Å²) in [6.07, 6.45) is 3.71. The summed E-state index contributed by atoms with van der Waals surface area (Å²) in [5.41, 5.74) is 0.734. The Morgan fingerprint density at radius 2 is 1.91 bits per heavy atom. The van der Waals surface area contributed by atoms with E-state index in [0.717, 1.165) is 30.7 Å². The number of rotatable bonds is 9. The molecule has 4 heterocycles. The van der Waals surface area contributed by atoms with Crippen molar-refractivity contribution in [2.24, 2.45) is 4.99 Å². The molecule has 0 amide bonds. The van der Waals surface area contributed by atoms with Crippen LogP contribution in [-0.2, 0) is 10.0 Å². The quantitative estimate of drug-likeness (QED) is 0.209. The van der Waals surface area contributed by atoms with Crippen LogP contribution >= 0.6 is 11.3 Å². The predicted molar refractivity (Wildman–Crippen MR) is 164 cm³/mol. The summed E-state index contributed by atoms with van der Waals surface area (Å²) in [6, 6.07) is 1.44. The zero-order chi connectivity index (χ0) is 32.0. The Hall–Kier alpha value is -3.46. The second kappa shape index (κ2) is 12.1. The number of nitriles is 1. The number of aliphatic imine (C=N–C) groups is 1. The summed E-state index contributed by atoms with van der Waals surface area (Å²) in [6.45, 7) is 8.39. The van der Waals surface area contributed by atoms with Crippen molar-refractivity contribution in [3.8, 4) is 17.0 Å². The van der Waals surface area contributed by atoms with Crippen molar-refractivity contribution in [2.75, 3.05) is 52.2 Å². The van der Waals surface area contributed by atoms with Gasteiger partial charge < -0.3 is 19.6 Å². The minimum Gasteiger partial charge on any atom is -0.366 e. The molecule has 2 fully saturated rings. The van der Waals surface area contributed by atoms with Gasteiger partial charge in [-0.05, 0) is 53.8 Å². The van der Waals surface area contributed by atoms with Gasteiger partial charge in [0.05, 0.1) is 17.4 Å². The van der Waals surface area contributed by atoms with Gasteiger partial charge in [0, 0.05) is 57.0 Å². The lowest BCUT2D eigenvalue weighted by Gasteiger charge is -2.48. The molecule has 44 heavy (non-hydrogen) atoms. The molecule has 3 aromatic rings. The molecule has 2 aliphatic rings. The number of alkyl halides is 2. The van der Waals surface area contributed by atoms with Gasteiger partial charge >= 0.3 is 0 Å². The van der Waals surface area contributed by atoms with Crippen molar-refractivity contribution >= 4 is 38.5 Å². The van der Waals surface area contributed by atoms with E-state index in [1.165, 1.54) is 6.20 Å². The van der Waals surface area contributed by atoms with E-state index in [4.69, 9.17) is 0 Å². The van der Waals surface area contributed by atoms with Crippen LogP contribution in [0.3, 0.4) is 0 Å². The molecule has 1 aliphatic carbocycles. The van der Waals surface area contributed by atoms with Gasteiger partial charge in [-0.15, -0.1) is 15.2 Å². The third-order valence-corrected chi connectivity index (χ3v) is 10.5. The van der Waals surface area contributed by atoms with Crippen LogP contribution in [-0.4, -0.2) is 114 Å². The lowest BCUT2D eigenvalue weighted by Crippen LogP contribution is -2.62. The first kappa shape index (κ1) is 31.9. The van der Waals surface area contributed by atoms with Gasteiger partial charge in [-0.25, -0.2) is 26.9 Å². The SMILES string of the molecule is C[C@H]1CN(c2cc(S(=O)(=O)NC3(C)CC3)cn3c(-c4nnc(C(F)F)s4)ncc23)C[C@H](C)N1C(=NC#N)N(C)CCN(C)C. The van der Waals surface area contributed by atoms with Crippen LogP contribution in [0.25, 0.3) is 16.3 Å². The first-order valence-electron chi connectivity index (χ1n) is 14.3. The average Bonchev–Trinajstić information content (AvgIpc) is 3.31. The standard InChI is InChI=1S/C27H37F2N11O2S2/c1-17-13-38(14-18(2)40(17)26(32-16-30)37(6)10-9-36(4)5)20-11-19(44(41,42)35-27(3)7-8-27)15-39-21(20)12-31-23(39)25-34-33-24(43-25)22(28)29/h11-12,15,17-18,22,35H,7-10,13-14H2,1-6H3/t17-,18-/m0/s1. The number of sulfonamides is 1. The van der Waals surface area contributed by atoms with Gasteiger partial charge in [-0.1, -0.05) is 11.3 Å². The molecule has 238 valence electrons. The fourth-order valence-corrected chi connectivity index (χ4v) is 7.62. The second-order valence-electron chi connectivity index (χ2n) is 12.1. The Labute approximate surface area is 259 Å². The number of hydrogen-bond donors (Lipinski definition) is 1. The monoisotopic (exact) mass is 649 g/mol. The number of pyridine rings is 1. The summed E-state index contributed by atoms with van der Waals surface area (Å²) in [5.74, 6) is 0.807. The fourth-order valence-electron chi connectivity index (χ4n) is 5.45. The number of likely N-dealkylation sites (N-methyl/N-ethyl adjacent to an activating group) is 2. The van der Waals surface area contributed by atoms with Gasteiger partial charge in [0.25, 0.3) is 6.43 Å². The van der Waals surface area contributed by atoms with Gasteiger partial charge in [0.1, 0.15) is 4.90 Å². The van der Waals surface area contributed by atoms with E-state index in [1.807, 2.05) is 53.0 Å². The maximum absolute atomic E-state index is 13.6. The van der Waals surface area contributed by atoms with Crippen LogP contribution in [0.15, 0.2) is 28.3 Å². The van der Waals surface area contributed by atoms with Crippen molar-refractivity contribution < 1.29 is 17.2 Å². The smallest absolute Gasteiger partial charge is 0.291 e. The average molecular weight is 650 g/mol. The van der Waals surface area contributed by atoms with Gasteiger partial charge in [0.2, 0.25) is 22.2 Å². The molecule has 0 radical (unpaired) electrons. The van der Waals surface area contributed by atoms with Crippen LogP contribution in [0.2, 0.25) is 0 Å². The van der Waals surface area contributed by atoms with Crippen LogP contribution in [0.1, 0.15) is 45.0 Å². The molecule has 3 aromatic heterocycles. The molecule has 0 unspecified atom stereocenters. The Bertz CT molecular complexity index is 1680. The summed E-state index contributed by atoms with van der Waals surface area (Å²) < 4.78 is 58.2. The lowest BCUT2D eigenvalue weighted by molar-refractivity contribution is 0.150. The molecular weight excluding hydrogens is 613 g/mol. The molecule has 0 aromatic carbocycles. The fraction of sp³-hybridized carbons (Fsp3) is 0.593. The highest BCUT2D eigenvalue weighted by molar-refractivity contribution is 7.89. The predicted octanol–water partition coefficient (Wildman–Crippen LogP) is 2.85. The number of piperazine rings is 1. The van der Waals surface area contributed by atoms with Gasteiger partial charge in [-0.3, -0.25) is 4.40 Å². The van der Waals surface area contributed by atoms with Gasteiger partial charge in [-0.2, -0.15) is 5.26 Å². The molecule has 0 bridgehead atoms. The Balaban J connectivity index is 1.54. The molecule has 17 heteroatoms. The normalized spacial score (nSPS) is 20.5. The molecule has 1 saturated carbocycles. The zero-order valence-corrected chi connectivity index (χ0v) is 27.2. The second-order valence-corrected chi connectivity index (χ2v) is 14.7. The van der Waals surface area contributed by atoms with Crippen LogP contribution in [0.5, 0.6) is 0 Å². The number of guanidine groups is 1. The summed E-state index contributed by atoms with van der Waals surface area (Å²) in [5, 5.41) is 16.7. The lowest BCUT2D eigenvalue weighted by atomic mass is 10.1. The highest BCUT2D eigenvalue weighted by Crippen LogP contribution is 2.38. The number of aromatic nitrogens is 4. The van der Waals surface area contributed by atoms with E-state index in [9.17, 15) is 22.5 Å². The first-order valence-corrected chi connectivity index (χ1v) is 16.6. The van der Waals surface area contributed by atoms with Crippen LogP contribution in [0, 0.1) is 11.5 Å². The van der Waals surface area contributed by atoms with E-state index < -0.39 is 27.0 Å². The van der Waals surface area contributed by atoms with E-state index in [-0.39, 0.29) is 27.8 Å². The van der Waals surface area contributed by atoms with E-state index in [2.05, 4.69) is 39.6 Å². The maximum Gasteiger partial charge on any atom is 0.291 e. The number of anilines is 1. The van der Waals surface area contributed by atoms with Crippen LogP contribution < -0.4 is 9.62 Å². The minimum absolute atomic E-state index is 0.0314. The maximum atomic E-state index is 13.6.